The fraction of sp³-hybridized carbons (Fsp3) is 0.364. The van der Waals surface area contributed by atoms with Gasteiger partial charge in [0.05, 0.1) is 0 Å². The fourth-order valence-electron chi connectivity index (χ4n) is 0.852. The van der Waals surface area contributed by atoms with Crippen LogP contribution in [0, 0.1) is 0 Å². The van der Waals surface area contributed by atoms with Crippen LogP contribution in [0.2, 0.25) is 0 Å². The highest BCUT2D eigenvalue weighted by Crippen LogP contribution is 1.96. The molecule has 0 heterocycles. The summed E-state index contributed by atoms with van der Waals surface area (Å²) in [5.41, 5.74) is 0.717. The average Bonchev–Trinajstić information content (AvgIpc) is 2.21. The summed E-state index contributed by atoms with van der Waals surface area (Å²) < 4.78 is 0. The Morgan fingerprint density at radius 2 is 1.71 bits per heavy atom. The zero-order chi connectivity index (χ0) is 10.8. The van der Waals surface area contributed by atoms with Gasteiger partial charge in [0.2, 0.25) is 0 Å². The van der Waals surface area contributed by atoms with Gasteiger partial charge >= 0.3 is 0 Å². The Morgan fingerprint density at radius 3 is 2.14 bits per heavy atom. The monoisotopic (exact) mass is 194 g/mol. The van der Waals surface area contributed by atoms with E-state index in [1.165, 1.54) is 0 Å². The molecule has 0 atom stereocenters. The second-order valence-electron chi connectivity index (χ2n) is 2.73. The number of carbonyl (C=O) groups is 1. The molecule has 0 aliphatic rings. The van der Waals surface area contributed by atoms with Crippen molar-refractivity contribution < 1.29 is 4.79 Å². The van der Waals surface area contributed by atoms with Gasteiger partial charge in [-0.05, 0) is 33.2 Å². The van der Waals surface area contributed by atoms with Gasteiger partial charge in [-0.15, -0.1) is 0 Å². The first-order chi connectivity index (χ1) is 6.76. The number of nitrogens with one attached hydrogen (secondary N) is 2. The van der Waals surface area contributed by atoms with E-state index in [-0.39, 0.29) is 5.91 Å². The van der Waals surface area contributed by atoms with Crippen molar-refractivity contribution in [1.29, 1.82) is 0 Å². The van der Waals surface area contributed by atoms with Crippen LogP contribution in [0.25, 0.3) is 0 Å². The summed E-state index contributed by atoms with van der Waals surface area (Å²) in [5, 5.41) is 5.47. The quantitative estimate of drug-likeness (QED) is 0.744. The number of amides is 1. The lowest BCUT2D eigenvalue weighted by Gasteiger charge is -1.99. The van der Waals surface area contributed by atoms with E-state index in [0.29, 0.717) is 12.1 Å². The van der Waals surface area contributed by atoms with Crippen molar-refractivity contribution in [3.63, 3.8) is 0 Å². The lowest BCUT2D eigenvalue weighted by atomic mass is 10.2. The van der Waals surface area contributed by atoms with Gasteiger partial charge in [-0.25, -0.2) is 0 Å². The van der Waals surface area contributed by atoms with Gasteiger partial charge in [-0.3, -0.25) is 4.79 Å². The molecule has 0 saturated carbocycles. The summed E-state index contributed by atoms with van der Waals surface area (Å²) in [5.74, 6) is -0.00639. The lowest BCUT2D eigenvalue weighted by molar-refractivity contribution is 0.0956. The predicted molar refractivity (Wildman–Crippen MR) is 59.4 cm³/mol. The van der Waals surface area contributed by atoms with Gasteiger partial charge in [0.25, 0.3) is 5.91 Å². The van der Waals surface area contributed by atoms with E-state index >= 15 is 0 Å². The average molecular weight is 194 g/mol. The van der Waals surface area contributed by atoms with Crippen LogP contribution in [0.5, 0.6) is 0 Å². The molecule has 0 aromatic heterocycles. The molecule has 14 heavy (non-hydrogen) atoms. The van der Waals surface area contributed by atoms with Crippen molar-refractivity contribution in [2.75, 3.05) is 20.6 Å². The Balaban J connectivity index is 0.000000500. The third kappa shape index (κ3) is 5.32. The number of benzene rings is 1. The van der Waals surface area contributed by atoms with Crippen molar-refractivity contribution in [2.24, 2.45) is 0 Å². The van der Waals surface area contributed by atoms with Crippen LogP contribution in [0.15, 0.2) is 30.3 Å². The minimum Gasteiger partial charge on any atom is -0.352 e. The smallest absolute Gasteiger partial charge is 0.251 e. The Morgan fingerprint density at radius 1 is 1.21 bits per heavy atom. The second kappa shape index (κ2) is 8.26. The van der Waals surface area contributed by atoms with E-state index < -0.39 is 0 Å². The molecule has 0 bridgehead atoms. The van der Waals surface area contributed by atoms with Crippen LogP contribution in [0.4, 0.5) is 0 Å². The van der Waals surface area contributed by atoms with E-state index in [2.05, 4.69) is 10.6 Å². The minimum absolute atomic E-state index is 0.00639. The standard InChI is InChI=1S/C9H11NO.C2H7N/c1-2-10-9(11)8-6-4-3-5-7-8;1-3-2/h3-7H,2H2,1H3,(H,10,11);3H,1-2H3. The summed E-state index contributed by atoms with van der Waals surface area (Å²) in [7, 11) is 3.75. The molecular weight excluding hydrogens is 176 g/mol. The molecule has 0 spiro atoms. The van der Waals surface area contributed by atoms with Crippen molar-refractivity contribution in [1.82, 2.24) is 10.6 Å². The van der Waals surface area contributed by atoms with Gasteiger partial charge in [0, 0.05) is 12.1 Å². The molecule has 0 saturated heterocycles. The molecule has 1 aromatic rings. The van der Waals surface area contributed by atoms with Gasteiger partial charge < -0.3 is 10.6 Å². The molecule has 0 radical (unpaired) electrons. The maximum atomic E-state index is 11.1. The highest BCUT2D eigenvalue weighted by atomic mass is 16.1. The Hall–Kier alpha value is -1.35. The topological polar surface area (TPSA) is 41.1 Å². The van der Waals surface area contributed by atoms with Crippen LogP contribution >= 0.6 is 0 Å². The predicted octanol–water partition coefficient (Wildman–Crippen LogP) is 1.27. The summed E-state index contributed by atoms with van der Waals surface area (Å²) in [6, 6.07) is 9.19. The third-order valence-corrected chi connectivity index (χ3v) is 1.37. The first-order valence-corrected chi connectivity index (χ1v) is 4.68. The molecule has 1 amide bonds. The second-order valence-corrected chi connectivity index (χ2v) is 2.73. The largest absolute Gasteiger partial charge is 0.352 e. The molecule has 78 valence electrons. The van der Waals surface area contributed by atoms with E-state index in [1.807, 2.05) is 39.2 Å². The Kier molecular flexibility index (Phi) is 7.46. The first kappa shape index (κ1) is 12.7. The van der Waals surface area contributed by atoms with E-state index in [0.717, 1.165) is 0 Å². The molecule has 2 N–H and O–H groups in total. The lowest BCUT2D eigenvalue weighted by Crippen LogP contribution is -2.22. The van der Waals surface area contributed by atoms with Crippen molar-refractivity contribution in [3.05, 3.63) is 35.9 Å². The van der Waals surface area contributed by atoms with Crippen LogP contribution in [0.1, 0.15) is 17.3 Å². The van der Waals surface area contributed by atoms with E-state index in [1.54, 1.807) is 12.1 Å². The first-order valence-electron chi connectivity index (χ1n) is 4.68. The number of carbonyl (C=O) groups excluding carboxylic acids is 1. The van der Waals surface area contributed by atoms with Gasteiger partial charge in [0.1, 0.15) is 0 Å². The Bertz CT molecular complexity index is 247. The van der Waals surface area contributed by atoms with Crippen LogP contribution < -0.4 is 10.6 Å². The van der Waals surface area contributed by atoms with E-state index in [9.17, 15) is 4.79 Å². The summed E-state index contributed by atoms with van der Waals surface area (Å²) in [6.45, 7) is 2.58. The highest BCUT2D eigenvalue weighted by molar-refractivity contribution is 5.93. The zero-order valence-corrected chi connectivity index (χ0v) is 9.00. The molecule has 0 aliphatic carbocycles. The summed E-state index contributed by atoms with van der Waals surface area (Å²) in [4.78, 5) is 11.1. The van der Waals surface area contributed by atoms with Crippen LogP contribution in [-0.4, -0.2) is 26.5 Å². The van der Waals surface area contributed by atoms with Gasteiger partial charge in [-0.1, -0.05) is 18.2 Å². The molecular formula is C11H18N2O. The third-order valence-electron chi connectivity index (χ3n) is 1.37. The minimum atomic E-state index is -0.00639. The van der Waals surface area contributed by atoms with Crippen molar-refractivity contribution in [2.45, 2.75) is 6.92 Å². The Labute approximate surface area is 85.5 Å². The van der Waals surface area contributed by atoms with Gasteiger partial charge in [-0.2, -0.15) is 0 Å². The SMILES string of the molecule is CCNC(=O)c1ccccc1.CNC. The summed E-state index contributed by atoms with van der Waals surface area (Å²) in [6.07, 6.45) is 0. The van der Waals surface area contributed by atoms with Crippen LogP contribution in [0.3, 0.4) is 0 Å². The van der Waals surface area contributed by atoms with Crippen molar-refractivity contribution >= 4 is 5.91 Å². The van der Waals surface area contributed by atoms with Crippen LogP contribution in [-0.2, 0) is 0 Å². The highest BCUT2D eigenvalue weighted by Gasteiger charge is 1.99. The molecule has 1 rings (SSSR count). The molecule has 3 heteroatoms. The number of hydrogen-bond acceptors (Lipinski definition) is 2. The molecule has 3 nitrogen and oxygen atoms in total. The van der Waals surface area contributed by atoms with E-state index in [4.69, 9.17) is 0 Å². The number of hydrogen-bond donors (Lipinski definition) is 2. The molecule has 0 unspecified atom stereocenters. The zero-order valence-electron chi connectivity index (χ0n) is 9.00. The normalized spacial score (nSPS) is 8.50. The maximum Gasteiger partial charge on any atom is 0.251 e. The van der Waals surface area contributed by atoms with Crippen molar-refractivity contribution in [3.8, 4) is 0 Å². The molecule has 0 fully saturated rings. The summed E-state index contributed by atoms with van der Waals surface area (Å²) >= 11 is 0. The number of rotatable bonds is 2. The molecule has 1 aromatic carbocycles. The molecule has 0 aliphatic heterocycles. The fourth-order valence-corrected chi connectivity index (χ4v) is 0.852. The maximum absolute atomic E-state index is 11.1. The van der Waals surface area contributed by atoms with Gasteiger partial charge in [0.15, 0.2) is 0 Å².